The third-order valence-corrected chi connectivity index (χ3v) is 3.22. The Morgan fingerprint density at radius 1 is 1.53 bits per heavy atom. The van der Waals surface area contributed by atoms with Gasteiger partial charge in [-0.05, 0) is 18.6 Å². The summed E-state index contributed by atoms with van der Waals surface area (Å²) >= 11 is 0. The third kappa shape index (κ3) is 1.81. The van der Waals surface area contributed by atoms with Crippen LogP contribution >= 0.6 is 0 Å². The van der Waals surface area contributed by atoms with Crippen LogP contribution < -0.4 is 15.8 Å². The Bertz CT molecular complexity index is 646. The lowest BCUT2D eigenvalue weighted by Crippen LogP contribution is -2.23. The van der Waals surface area contributed by atoms with Crippen molar-refractivity contribution in [2.24, 2.45) is 5.73 Å². The number of benzene rings is 1. The molecule has 6 heteroatoms. The summed E-state index contributed by atoms with van der Waals surface area (Å²) in [7, 11) is 1.64. The highest BCUT2D eigenvalue weighted by molar-refractivity contribution is 5.84. The SMILES string of the molecule is COc1cccc(-c2nn(C(=N)N)c3c2CCN3)c1. The predicted octanol–water partition coefficient (Wildman–Crippen LogP) is 1.27. The number of hydrogen-bond acceptors (Lipinski definition) is 4. The molecular formula is C13H15N5O. The second-order valence-electron chi connectivity index (χ2n) is 4.38. The molecule has 6 nitrogen and oxygen atoms in total. The number of nitrogens with one attached hydrogen (secondary N) is 2. The van der Waals surface area contributed by atoms with Crippen molar-refractivity contribution >= 4 is 11.8 Å². The number of methoxy groups -OCH3 is 1. The zero-order valence-electron chi connectivity index (χ0n) is 10.6. The monoisotopic (exact) mass is 257 g/mol. The summed E-state index contributed by atoms with van der Waals surface area (Å²) in [6, 6.07) is 7.74. The summed E-state index contributed by atoms with van der Waals surface area (Å²) < 4.78 is 6.67. The Morgan fingerprint density at radius 2 is 2.37 bits per heavy atom. The van der Waals surface area contributed by atoms with Gasteiger partial charge in [0.1, 0.15) is 11.6 Å². The van der Waals surface area contributed by atoms with Crippen molar-refractivity contribution in [3.05, 3.63) is 29.8 Å². The zero-order chi connectivity index (χ0) is 13.4. The molecule has 2 aromatic rings. The summed E-state index contributed by atoms with van der Waals surface area (Å²) in [5.41, 5.74) is 8.48. The first-order valence-corrected chi connectivity index (χ1v) is 6.05. The Labute approximate surface area is 110 Å². The fourth-order valence-corrected chi connectivity index (χ4v) is 2.35. The van der Waals surface area contributed by atoms with Crippen molar-refractivity contribution in [1.82, 2.24) is 9.78 Å². The molecule has 0 amide bonds. The van der Waals surface area contributed by atoms with E-state index in [0.717, 1.165) is 41.4 Å². The van der Waals surface area contributed by atoms with E-state index in [1.54, 1.807) is 7.11 Å². The van der Waals surface area contributed by atoms with E-state index in [1.807, 2.05) is 24.3 Å². The van der Waals surface area contributed by atoms with Crippen molar-refractivity contribution in [2.75, 3.05) is 19.0 Å². The number of fused-ring (bicyclic) bond motifs is 1. The van der Waals surface area contributed by atoms with Crippen LogP contribution in [0.5, 0.6) is 5.75 Å². The van der Waals surface area contributed by atoms with Crippen molar-refractivity contribution in [3.8, 4) is 17.0 Å². The smallest absolute Gasteiger partial charge is 0.215 e. The van der Waals surface area contributed by atoms with Gasteiger partial charge in [-0.1, -0.05) is 12.1 Å². The molecule has 0 unspecified atom stereocenters. The molecule has 1 aromatic heterocycles. The maximum atomic E-state index is 7.57. The number of nitrogens with two attached hydrogens (primary N) is 1. The van der Waals surface area contributed by atoms with Crippen LogP contribution in [0.4, 0.5) is 5.82 Å². The normalized spacial score (nSPS) is 12.9. The standard InChI is InChI=1S/C13H15N5O/c1-19-9-4-2-3-8(7-9)11-10-5-6-16-12(10)18(17-11)13(14)15/h2-4,7,16H,5-6H2,1H3,(H3,14,15). The average molecular weight is 257 g/mol. The number of aromatic nitrogens is 2. The lowest BCUT2D eigenvalue weighted by Gasteiger charge is -2.03. The van der Waals surface area contributed by atoms with Crippen LogP contribution in [-0.2, 0) is 6.42 Å². The van der Waals surface area contributed by atoms with Crippen LogP contribution in [0.2, 0.25) is 0 Å². The summed E-state index contributed by atoms with van der Waals surface area (Å²) in [4.78, 5) is 0. The van der Waals surface area contributed by atoms with Gasteiger partial charge in [0.25, 0.3) is 0 Å². The quantitative estimate of drug-likeness (QED) is 0.558. The minimum Gasteiger partial charge on any atom is -0.497 e. The molecular weight excluding hydrogens is 242 g/mol. The van der Waals surface area contributed by atoms with Gasteiger partial charge >= 0.3 is 0 Å². The maximum absolute atomic E-state index is 7.57. The fraction of sp³-hybridized carbons (Fsp3) is 0.231. The van der Waals surface area contributed by atoms with Crippen LogP contribution in [0.1, 0.15) is 5.56 Å². The second kappa shape index (κ2) is 4.31. The van der Waals surface area contributed by atoms with Gasteiger partial charge in [-0.3, -0.25) is 5.41 Å². The van der Waals surface area contributed by atoms with E-state index >= 15 is 0 Å². The van der Waals surface area contributed by atoms with E-state index < -0.39 is 0 Å². The molecule has 1 aliphatic heterocycles. The lowest BCUT2D eigenvalue weighted by atomic mass is 10.1. The van der Waals surface area contributed by atoms with E-state index in [2.05, 4.69) is 10.4 Å². The van der Waals surface area contributed by atoms with E-state index in [1.165, 1.54) is 4.68 Å². The molecule has 0 aliphatic carbocycles. The van der Waals surface area contributed by atoms with Gasteiger partial charge in [-0.25, -0.2) is 0 Å². The van der Waals surface area contributed by atoms with Crippen molar-refractivity contribution in [1.29, 1.82) is 5.41 Å². The third-order valence-electron chi connectivity index (χ3n) is 3.22. The summed E-state index contributed by atoms with van der Waals surface area (Å²) in [5.74, 6) is 1.53. The van der Waals surface area contributed by atoms with Crippen LogP contribution in [0.15, 0.2) is 24.3 Å². The summed E-state index contributed by atoms with van der Waals surface area (Å²) in [5, 5.41) is 15.2. The van der Waals surface area contributed by atoms with Crippen LogP contribution in [0.25, 0.3) is 11.3 Å². The van der Waals surface area contributed by atoms with Crippen LogP contribution in [0, 0.1) is 5.41 Å². The Morgan fingerprint density at radius 3 is 3.11 bits per heavy atom. The maximum Gasteiger partial charge on any atom is 0.215 e. The Balaban J connectivity index is 2.15. The van der Waals surface area contributed by atoms with Crippen LogP contribution in [0.3, 0.4) is 0 Å². The van der Waals surface area contributed by atoms with Crippen molar-refractivity contribution in [3.63, 3.8) is 0 Å². The molecule has 19 heavy (non-hydrogen) atoms. The molecule has 0 radical (unpaired) electrons. The highest BCUT2D eigenvalue weighted by atomic mass is 16.5. The van der Waals surface area contributed by atoms with Gasteiger partial charge in [0.15, 0.2) is 0 Å². The second-order valence-corrected chi connectivity index (χ2v) is 4.38. The first-order valence-electron chi connectivity index (χ1n) is 6.05. The molecule has 0 atom stereocenters. The van der Waals surface area contributed by atoms with Crippen molar-refractivity contribution < 1.29 is 4.74 Å². The average Bonchev–Trinajstić information content (AvgIpc) is 2.99. The van der Waals surface area contributed by atoms with Gasteiger partial charge < -0.3 is 15.8 Å². The summed E-state index contributed by atoms with van der Waals surface area (Å²) in [6.45, 7) is 0.845. The largest absolute Gasteiger partial charge is 0.497 e. The summed E-state index contributed by atoms with van der Waals surface area (Å²) in [6.07, 6.45) is 0.884. The molecule has 0 spiro atoms. The zero-order valence-corrected chi connectivity index (χ0v) is 10.6. The minimum absolute atomic E-state index is 0.0835. The lowest BCUT2D eigenvalue weighted by molar-refractivity contribution is 0.415. The molecule has 3 rings (SSSR count). The van der Waals surface area contributed by atoms with E-state index in [4.69, 9.17) is 15.9 Å². The molecule has 0 bridgehead atoms. The fourth-order valence-electron chi connectivity index (χ4n) is 2.35. The molecule has 0 saturated carbocycles. The highest BCUT2D eigenvalue weighted by Gasteiger charge is 2.24. The van der Waals surface area contributed by atoms with E-state index in [-0.39, 0.29) is 5.96 Å². The first kappa shape index (κ1) is 11.6. The highest BCUT2D eigenvalue weighted by Crippen LogP contribution is 2.33. The first-order chi connectivity index (χ1) is 9.20. The molecule has 2 heterocycles. The number of nitrogens with zero attached hydrogens (tertiary/aromatic N) is 2. The minimum atomic E-state index is -0.0835. The number of rotatable bonds is 2. The predicted molar refractivity (Wildman–Crippen MR) is 73.7 cm³/mol. The Hall–Kier alpha value is -2.50. The van der Waals surface area contributed by atoms with Gasteiger partial charge in [-0.15, -0.1) is 0 Å². The number of ether oxygens (including phenoxy) is 1. The van der Waals surface area contributed by atoms with Gasteiger partial charge in [0, 0.05) is 17.7 Å². The molecule has 1 aliphatic rings. The number of anilines is 1. The van der Waals surface area contributed by atoms with Crippen LogP contribution in [-0.4, -0.2) is 29.4 Å². The molecule has 1 aromatic carbocycles. The molecule has 98 valence electrons. The van der Waals surface area contributed by atoms with Crippen molar-refractivity contribution in [2.45, 2.75) is 6.42 Å². The topological polar surface area (TPSA) is 89.0 Å². The van der Waals surface area contributed by atoms with E-state index in [0.29, 0.717) is 0 Å². The van der Waals surface area contributed by atoms with Gasteiger partial charge in [-0.2, -0.15) is 9.78 Å². The molecule has 4 N–H and O–H groups in total. The number of hydrogen-bond donors (Lipinski definition) is 3. The van der Waals surface area contributed by atoms with Gasteiger partial charge in [0.05, 0.1) is 12.8 Å². The Kier molecular flexibility index (Phi) is 2.63. The molecule has 0 saturated heterocycles. The number of nitrogen functional groups attached to an aromatic ring is 1. The van der Waals surface area contributed by atoms with E-state index in [9.17, 15) is 0 Å². The molecule has 0 fully saturated rings. The van der Waals surface area contributed by atoms with Gasteiger partial charge in [0.2, 0.25) is 5.96 Å².